The molecule has 1 rings (SSSR count). The number of amides is 1. The van der Waals surface area contributed by atoms with Crippen molar-refractivity contribution in [2.75, 3.05) is 13.1 Å². The number of carbonyl (C=O) groups excluding carboxylic acids is 1. The van der Waals surface area contributed by atoms with Crippen molar-refractivity contribution in [3.8, 4) is 0 Å². The number of rotatable bonds is 2. The Balaban J connectivity index is 2.48. The minimum atomic E-state index is 0.118. The van der Waals surface area contributed by atoms with E-state index in [9.17, 15) is 4.79 Å². The molecule has 1 aliphatic heterocycles. The first-order chi connectivity index (χ1) is 6.99. The zero-order chi connectivity index (χ0) is 11.4. The minimum Gasteiger partial charge on any atom is -0.342 e. The lowest BCUT2D eigenvalue weighted by Gasteiger charge is -2.34. The van der Waals surface area contributed by atoms with Gasteiger partial charge in [-0.25, -0.2) is 0 Å². The van der Waals surface area contributed by atoms with E-state index in [4.69, 9.17) is 23.2 Å². The van der Waals surface area contributed by atoms with Gasteiger partial charge in [0.05, 0.1) is 0 Å². The van der Waals surface area contributed by atoms with Crippen molar-refractivity contribution < 1.29 is 4.79 Å². The van der Waals surface area contributed by atoms with Gasteiger partial charge in [0.15, 0.2) is 0 Å². The highest BCUT2D eigenvalue weighted by atomic mass is 35.5. The van der Waals surface area contributed by atoms with Crippen LogP contribution in [0, 0.1) is 11.8 Å². The van der Waals surface area contributed by atoms with Crippen LogP contribution in [-0.2, 0) is 4.79 Å². The van der Waals surface area contributed by atoms with E-state index in [1.807, 2.05) is 4.90 Å². The Hall–Kier alpha value is -0.210. The summed E-state index contributed by atoms with van der Waals surface area (Å²) < 4.78 is 0.168. The molecule has 0 saturated carbocycles. The number of likely N-dealkylation sites (tertiary alicyclic amines) is 1. The fourth-order valence-corrected chi connectivity index (χ4v) is 2.31. The molecule has 0 spiro atoms. The van der Waals surface area contributed by atoms with Crippen LogP contribution in [0.25, 0.3) is 0 Å². The zero-order valence-electron chi connectivity index (χ0n) is 9.17. The van der Waals surface area contributed by atoms with Crippen LogP contribution in [0.1, 0.15) is 26.7 Å². The topological polar surface area (TPSA) is 20.3 Å². The van der Waals surface area contributed by atoms with Crippen LogP contribution in [0.2, 0.25) is 0 Å². The highest BCUT2D eigenvalue weighted by Gasteiger charge is 2.24. The maximum Gasteiger partial charge on any atom is 0.226 e. The molecule has 4 heteroatoms. The van der Waals surface area contributed by atoms with Crippen LogP contribution in [0.3, 0.4) is 0 Å². The molecule has 1 heterocycles. The third kappa shape index (κ3) is 4.43. The molecule has 0 bridgehead atoms. The number of nitrogens with zero attached hydrogens (tertiary/aromatic N) is 1. The molecule has 0 N–H and O–H groups in total. The second kappa shape index (κ2) is 5.76. The predicted molar refractivity (Wildman–Crippen MR) is 63.9 cm³/mol. The maximum absolute atomic E-state index is 11.8. The average molecular weight is 250 g/mol. The van der Waals surface area contributed by atoms with E-state index in [0.29, 0.717) is 18.3 Å². The largest absolute Gasteiger partial charge is 0.342 e. The van der Waals surface area contributed by atoms with E-state index in [1.165, 1.54) is 6.42 Å². The summed E-state index contributed by atoms with van der Waals surface area (Å²) >= 11 is 10.9. The number of hydrogen-bond acceptors (Lipinski definition) is 1. The van der Waals surface area contributed by atoms with Crippen molar-refractivity contribution in [1.29, 1.82) is 0 Å². The smallest absolute Gasteiger partial charge is 0.226 e. The molecule has 15 heavy (non-hydrogen) atoms. The number of halogens is 2. The zero-order valence-corrected chi connectivity index (χ0v) is 10.7. The lowest BCUT2D eigenvalue weighted by Crippen LogP contribution is -2.42. The van der Waals surface area contributed by atoms with E-state index in [-0.39, 0.29) is 10.4 Å². The molecule has 1 saturated heterocycles. The van der Waals surface area contributed by atoms with E-state index < -0.39 is 0 Å². The molecule has 1 fully saturated rings. The summed E-state index contributed by atoms with van der Waals surface area (Å²) in [6, 6.07) is 0. The van der Waals surface area contributed by atoms with E-state index in [2.05, 4.69) is 13.8 Å². The Labute approximate surface area is 101 Å². The van der Waals surface area contributed by atoms with Crippen LogP contribution in [-0.4, -0.2) is 23.9 Å². The third-order valence-corrected chi connectivity index (χ3v) is 2.96. The van der Waals surface area contributed by atoms with Gasteiger partial charge in [-0.2, -0.15) is 0 Å². The van der Waals surface area contributed by atoms with Gasteiger partial charge in [-0.3, -0.25) is 4.79 Å². The lowest BCUT2D eigenvalue weighted by molar-refractivity contribution is -0.132. The first-order valence-corrected chi connectivity index (χ1v) is 6.03. The monoisotopic (exact) mass is 249 g/mol. The molecule has 86 valence electrons. The Kier molecular flexibility index (Phi) is 4.94. The van der Waals surface area contributed by atoms with E-state index in [1.54, 1.807) is 6.08 Å². The van der Waals surface area contributed by atoms with Gasteiger partial charge < -0.3 is 4.90 Å². The van der Waals surface area contributed by atoms with Crippen molar-refractivity contribution in [3.63, 3.8) is 0 Å². The van der Waals surface area contributed by atoms with Gasteiger partial charge >= 0.3 is 0 Å². The van der Waals surface area contributed by atoms with Crippen LogP contribution < -0.4 is 0 Å². The van der Waals surface area contributed by atoms with Crippen molar-refractivity contribution >= 4 is 29.1 Å². The van der Waals surface area contributed by atoms with Gasteiger partial charge in [0.2, 0.25) is 5.91 Å². The van der Waals surface area contributed by atoms with Crippen molar-refractivity contribution in [2.45, 2.75) is 26.7 Å². The molecule has 1 amide bonds. The highest BCUT2D eigenvalue weighted by Crippen LogP contribution is 2.21. The number of hydrogen-bond donors (Lipinski definition) is 0. The average Bonchev–Trinajstić information content (AvgIpc) is 2.12. The summed E-state index contributed by atoms with van der Waals surface area (Å²) in [5.74, 6) is 1.30. The minimum absolute atomic E-state index is 0.118. The van der Waals surface area contributed by atoms with E-state index >= 15 is 0 Å². The van der Waals surface area contributed by atoms with Crippen molar-refractivity contribution in [3.05, 3.63) is 10.6 Å². The fourth-order valence-electron chi connectivity index (χ4n) is 2.16. The highest BCUT2D eigenvalue weighted by molar-refractivity contribution is 6.55. The molecular weight excluding hydrogens is 233 g/mol. The molecule has 0 radical (unpaired) electrons. The Morgan fingerprint density at radius 1 is 1.33 bits per heavy atom. The summed E-state index contributed by atoms with van der Waals surface area (Å²) in [4.78, 5) is 13.7. The molecule has 2 unspecified atom stereocenters. The first kappa shape index (κ1) is 12.9. The molecule has 1 aliphatic rings. The van der Waals surface area contributed by atoms with Crippen molar-refractivity contribution in [1.82, 2.24) is 4.90 Å². The van der Waals surface area contributed by atoms with Crippen LogP contribution in [0.15, 0.2) is 10.6 Å². The number of piperidine rings is 1. The standard InChI is InChI=1S/C11H17Cl2NO/c1-8-5-9(2)7-14(6-8)11(15)4-3-10(12)13/h3,8-9H,4-7H2,1-2H3. The molecule has 0 aromatic heterocycles. The normalized spacial score (nSPS) is 26.3. The summed E-state index contributed by atoms with van der Waals surface area (Å²) in [5.41, 5.74) is 0. The SMILES string of the molecule is CC1CC(C)CN(C(=O)CC=C(Cl)Cl)C1. The van der Waals surface area contributed by atoms with Gasteiger partial charge in [-0.05, 0) is 24.3 Å². The first-order valence-electron chi connectivity index (χ1n) is 5.28. The fraction of sp³-hybridized carbons (Fsp3) is 0.727. The second-order valence-electron chi connectivity index (χ2n) is 4.44. The van der Waals surface area contributed by atoms with Crippen LogP contribution >= 0.6 is 23.2 Å². The summed E-state index contributed by atoms with van der Waals surface area (Å²) in [5, 5.41) is 0. The maximum atomic E-state index is 11.8. The van der Waals surface area contributed by atoms with E-state index in [0.717, 1.165) is 13.1 Å². The molecule has 2 atom stereocenters. The van der Waals surface area contributed by atoms with Crippen LogP contribution in [0.4, 0.5) is 0 Å². The van der Waals surface area contributed by atoms with Gasteiger partial charge in [0.1, 0.15) is 4.49 Å². The van der Waals surface area contributed by atoms with Gasteiger partial charge in [-0.15, -0.1) is 0 Å². The summed E-state index contributed by atoms with van der Waals surface area (Å²) in [7, 11) is 0. The third-order valence-electron chi connectivity index (χ3n) is 2.65. The van der Waals surface area contributed by atoms with Gasteiger partial charge in [-0.1, -0.05) is 37.0 Å². The lowest BCUT2D eigenvalue weighted by atomic mass is 9.92. The summed E-state index contributed by atoms with van der Waals surface area (Å²) in [6.07, 6.45) is 3.06. The molecular formula is C11H17Cl2NO. The van der Waals surface area contributed by atoms with Crippen molar-refractivity contribution in [2.24, 2.45) is 11.8 Å². The van der Waals surface area contributed by atoms with Gasteiger partial charge in [0, 0.05) is 19.5 Å². The number of carbonyl (C=O) groups is 1. The molecule has 0 aromatic carbocycles. The Morgan fingerprint density at radius 3 is 2.33 bits per heavy atom. The predicted octanol–water partition coefficient (Wildman–Crippen LogP) is 3.20. The molecule has 2 nitrogen and oxygen atoms in total. The summed E-state index contributed by atoms with van der Waals surface area (Å²) in [6.45, 7) is 6.08. The van der Waals surface area contributed by atoms with Gasteiger partial charge in [0.25, 0.3) is 0 Å². The quantitative estimate of drug-likeness (QED) is 0.737. The Morgan fingerprint density at radius 2 is 1.87 bits per heavy atom. The van der Waals surface area contributed by atoms with Crippen LogP contribution in [0.5, 0.6) is 0 Å². The molecule has 0 aliphatic carbocycles. The molecule has 0 aromatic rings. The Bertz CT molecular complexity index is 251. The second-order valence-corrected chi connectivity index (χ2v) is 5.45.